The van der Waals surface area contributed by atoms with Gasteiger partial charge in [0.05, 0.1) is 17.8 Å². The molecule has 2 aromatic rings. The quantitative estimate of drug-likeness (QED) is 0.727. The summed E-state index contributed by atoms with van der Waals surface area (Å²) < 4.78 is 10.5. The van der Waals surface area contributed by atoms with E-state index >= 15 is 0 Å². The van der Waals surface area contributed by atoms with Gasteiger partial charge in [-0.05, 0) is 48.9 Å². The summed E-state index contributed by atoms with van der Waals surface area (Å²) in [6.07, 6.45) is 1.19. The van der Waals surface area contributed by atoms with E-state index in [4.69, 9.17) is 21.1 Å². The lowest BCUT2D eigenvalue weighted by atomic mass is 10.2. The number of halogens is 1. The Morgan fingerprint density at radius 1 is 1.00 bits per heavy atom. The zero-order chi connectivity index (χ0) is 18.9. The van der Waals surface area contributed by atoms with E-state index in [9.17, 15) is 9.59 Å². The molecular formula is C19H21ClN2O4. The Bertz CT molecular complexity index is 763. The summed E-state index contributed by atoms with van der Waals surface area (Å²) in [5, 5.41) is 5.81. The lowest BCUT2D eigenvalue weighted by Gasteiger charge is -2.11. The standard InChI is InChI=1S/C19H21ClN2O4/c1-3-4-18(23)21-13-5-10-16(20)17(11-13)22-19(24)12-26-15-8-6-14(25-2)7-9-15/h5-11H,3-4,12H2,1-2H3,(H,21,23)(H,22,24). The molecule has 0 aliphatic carbocycles. The lowest BCUT2D eigenvalue weighted by molar-refractivity contribution is -0.118. The molecule has 2 aromatic carbocycles. The molecule has 0 aliphatic heterocycles. The second kappa shape index (κ2) is 9.68. The maximum Gasteiger partial charge on any atom is 0.262 e. The maximum atomic E-state index is 12.1. The number of hydrogen-bond donors (Lipinski definition) is 2. The highest BCUT2D eigenvalue weighted by Gasteiger charge is 2.09. The van der Waals surface area contributed by atoms with Crippen molar-refractivity contribution in [1.29, 1.82) is 0 Å². The summed E-state index contributed by atoms with van der Waals surface area (Å²) in [7, 11) is 1.58. The molecule has 0 radical (unpaired) electrons. The molecule has 26 heavy (non-hydrogen) atoms. The molecule has 0 saturated carbocycles. The summed E-state index contributed by atoms with van der Waals surface area (Å²) in [4.78, 5) is 23.8. The molecule has 7 heteroatoms. The molecule has 0 spiro atoms. The molecular weight excluding hydrogens is 356 g/mol. The monoisotopic (exact) mass is 376 g/mol. The Labute approximate surface area is 157 Å². The number of methoxy groups -OCH3 is 1. The van der Waals surface area contributed by atoms with Crippen molar-refractivity contribution in [3.63, 3.8) is 0 Å². The van der Waals surface area contributed by atoms with Crippen molar-refractivity contribution >= 4 is 34.8 Å². The van der Waals surface area contributed by atoms with E-state index in [-0.39, 0.29) is 18.4 Å². The number of amides is 2. The van der Waals surface area contributed by atoms with Crippen molar-refractivity contribution in [3.05, 3.63) is 47.5 Å². The summed E-state index contributed by atoms with van der Waals surface area (Å²) in [6, 6.07) is 11.8. The van der Waals surface area contributed by atoms with Crippen molar-refractivity contribution in [2.24, 2.45) is 0 Å². The van der Waals surface area contributed by atoms with Crippen LogP contribution in [0.3, 0.4) is 0 Å². The Morgan fingerprint density at radius 3 is 2.35 bits per heavy atom. The van der Waals surface area contributed by atoms with Crippen molar-refractivity contribution < 1.29 is 19.1 Å². The molecule has 2 amide bonds. The first-order valence-electron chi connectivity index (χ1n) is 8.18. The van der Waals surface area contributed by atoms with Crippen LogP contribution >= 0.6 is 11.6 Å². The highest BCUT2D eigenvalue weighted by atomic mass is 35.5. The van der Waals surface area contributed by atoms with E-state index < -0.39 is 0 Å². The van der Waals surface area contributed by atoms with Crippen molar-refractivity contribution in [2.75, 3.05) is 24.4 Å². The smallest absolute Gasteiger partial charge is 0.262 e. The summed E-state index contributed by atoms with van der Waals surface area (Å²) in [6.45, 7) is 1.75. The molecule has 138 valence electrons. The van der Waals surface area contributed by atoms with E-state index in [0.717, 1.165) is 6.42 Å². The van der Waals surface area contributed by atoms with Crippen LogP contribution in [0.2, 0.25) is 5.02 Å². The number of anilines is 2. The van der Waals surface area contributed by atoms with E-state index in [0.29, 0.717) is 34.3 Å². The van der Waals surface area contributed by atoms with Crippen molar-refractivity contribution in [3.8, 4) is 11.5 Å². The van der Waals surface area contributed by atoms with Crippen LogP contribution in [0.15, 0.2) is 42.5 Å². The first-order valence-corrected chi connectivity index (χ1v) is 8.55. The minimum absolute atomic E-state index is 0.0880. The van der Waals surface area contributed by atoms with Crippen molar-refractivity contribution in [2.45, 2.75) is 19.8 Å². The molecule has 0 atom stereocenters. The molecule has 0 aromatic heterocycles. The second-order valence-corrected chi connectivity index (χ2v) is 5.91. The van der Waals surface area contributed by atoms with Gasteiger partial charge in [-0.3, -0.25) is 9.59 Å². The minimum Gasteiger partial charge on any atom is -0.497 e. The fourth-order valence-electron chi connectivity index (χ4n) is 2.16. The molecule has 6 nitrogen and oxygen atoms in total. The van der Waals surface area contributed by atoms with Gasteiger partial charge in [0.25, 0.3) is 5.91 Å². The van der Waals surface area contributed by atoms with Gasteiger partial charge in [0.15, 0.2) is 6.61 Å². The number of benzene rings is 2. The maximum absolute atomic E-state index is 12.1. The predicted octanol–water partition coefficient (Wildman–Crippen LogP) is 4.10. The number of nitrogens with one attached hydrogen (secondary N) is 2. The Balaban J connectivity index is 1.93. The van der Waals surface area contributed by atoms with Crippen molar-refractivity contribution in [1.82, 2.24) is 0 Å². The Kier molecular flexibility index (Phi) is 7.29. The largest absolute Gasteiger partial charge is 0.497 e. The van der Waals surface area contributed by atoms with Crippen LogP contribution in [-0.2, 0) is 9.59 Å². The Hall–Kier alpha value is -2.73. The van der Waals surface area contributed by atoms with Crippen LogP contribution in [0.25, 0.3) is 0 Å². The van der Waals surface area contributed by atoms with Gasteiger partial charge in [-0.1, -0.05) is 18.5 Å². The highest BCUT2D eigenvalue weighted by molar-refractivity contribution is 6.33. The van der Waals surface area contributed by atoms with Gasteiger partial charge in [0.2, 0.25) is 5.91 Å². The number of rotatable bonds is 8. The van der Waals surface area contributed by atoms with E-state index in [1.54, 1.807) is 49.6 Å². The number of carbonyl (C=O) groups excluding carboxylic acids is 2. The lowest BCUT2D eigenvalue weighted by Crippen LogP contribution is -2.20. The van der Waals surface area contributed by atoms with Crippen LogP contribution in [0, 0.1) is 0 Å². The van der Waals surface area contributed by atoms with Crippen LogP contribution in [0.1, 0.15) is 19.8 Å². The average molecular weight is 377 g/mol. The minimum atomic E-state index is -0.361. The van der Waals surface area contributed by atoms with E-state index in [2.05, 4.69) is 10.6 Å². The molecule has 2 rings (SSSR count). The number of ether oxygens (including phenoxy) is 2. The number of carbonyl (C=O) groups is 2. The van der Waals surface area contributed by atoms with Gasteiger partial charge >= 0.3 is 0 Å². The van der Waals surface area contributed by atoms with E-state index in [1.165, 1.54) is 0 Å². The molecule has 0 bridgehead atoms. The second-order valence-electron chi connectivity index (χ2n) is 5.51. The molecule has 0 heterocycles. The molecule has 0 aliphatic rings. The summed E-state index contributed by atoms with van der Waals surface area (Å²) in [5.74, 6) is 0.804. The third-order valence-corrected chi connectivity index (χ3v) is 3.76. The first-order chi connectivity index (χ1) is 12.5. The molecule has 0 unspecified atom stereocenters. The average Bonchev–Trinajstić information content (AvgIpc) is 2.63. The van der Waals surface area contributed by atoms with Crippen LogP contribution < -0.4 is 20.1 Å². The van der Waals surface area contributed by atoms with Gasteiger partial charge < -0.3 is 20.1 Å². The third-order valence-electron chi connectivity index (χ3n) is 3.43. The Morgan fingerprint density at radius 2 is 1.69 bits per heavy atom. The first kappa shape index (κ1) is 19.6. The van der Waals surface area contributed by atoms with Crippen LogP contribution in [0.5, 0.6) is 11.5 Å². The van der Waals surface area contributed by atoms with Gasteiger partial charge in [0.1, 0.15) is 11.5 Å². The summed E-state index contributed by atoms with van der Waals surface area (Å²) in [5.41, 5.74) is 0.975. The molecule has 0 fully saturated rings. The fraction of sp³-hybridized carbons (Fsp3) is 0.263. The SMILES string of the molecule is CCCC(=O)Nc1ccc(Cl)c(NC(=O)COc2ccc(OC)cc2)c1. The third kappa shape index (κ3) is 5.97. The topological polar surface area (TPSA) is 76.7 Å². The predicted molar refractivity (Wildman–Crippen MR) is 102 cm³/mol. The van der Waals surface area contributed by atoms with Gasteiger partial charge in [0, 0.05) is 12.1 Å². The van der Waals surface area contributed by atoms with Crippen LogP contribution in [0.4, 0.5) is 11.4 Å². The van der Waals surface area contributed by atoms with Gasteiger partial charge in [-0.25, -0.2) is 0 Å². The van der Waals surface area contributed by atoms with Gasteiger partial charge in [-0.2, -0.15) is 0 Å². The molecule has 0 saturated heterocycles. The summed E-state index contributed by atoms with van der Waals surface area (Å²) >= 11 is 6.11. The zero-order valence-corrected chi connectivity index (χ0v) is 15.4. The van der Waals surface area contributed by atoms with Gasteiger partial charge in [-0.15, -0.1) is 0 Å². The van der Waals surface area contributed by atoms with Crippen LogP contribution in [-0.4, -0.2) is 25.5 Å². The molecule has 2 N–H and O–H groups in total. The zero-order valence-electron chi connectivity index (χ0n) is 14.7. The number of hydrogen-bond acceptors (Lipinski definition) is 4. The normalized spacial score (nSPS) is 10.1. The van der Waals surface area contributed by atoms with E-state index in [1.807, 2.05) is 6.92 Å². The fourth-order valence-corrected chi connectivity index (χ4v) is 2.32. The highest BCUT2D eigenvalue weighted by Crippen LogP contribution is 2.26.